The van der Waals surface area contributed by atoms with Crippen LogP contribution in [0.4, 0.5) is 5.69 Å². The molecular formula is C17H12BrClN2O2. The lowest BCUT2D eigenvalue weighted by molar-refractivity contribution is -0.112. The minimum absolute atomic E-state index is 0.0445. The maximum absolute atomic E-state index is 12.2. The Balaban J connectivity index is 2.26. The van der Waals surface area contributed by atoms with Crippen molar-refractivity contribution in [3.8, 4) is 11.8 Å². The number of phenols is 1. The first-order chi connectivity index (χ1) is 10.9. The highest BCUT2D eigenvalue weighted by atomic mass is 79.9. The lowest BCUT2D eigenvalue weighted by Gasteiger charge is -2.08. The molecule has 2 rings (SSSR count). The molecule has 23 heavy (non-hydrogen) atoms. The Morgan fingerprint density at radius 1 is 1.35 bits per heavy atom. The van der Waals surface area contributed by atoms with Crippen molar-refractivity contribution in [2.75, 3.05) is 5.32 Å². The van der Waals surface area contributed by atoms with E-state index < -0.39 is 5.91 Å². The highest BCUT2D eigenvalue weighted by Crippen LogP contribution is 2.25. The molecule has 0 aliphatic carbocycles. The average Bonchev–Trinajstić information content (AvgIpc) is 2.51. The van der Waals surface area contributed by atoms with Crippen molar-refractivity contribution in [3.63, 3.8) is 0 Å². The third-order valence-corrected chi connectivity index (χ3v) is 3.95. The van der Waals surface area contributed by atoms with E-state index in [9.17, 15) is 15.2 Å². The van der Waals surface area contributed by atoms with Crippen molar-refractivity contribution in [1.29, 1.82) is 5.26 Å². The molecule has 0 fully saturated rings. The number of amides is 1. The van der Waals surface area contributed by atoms with Gasteiger partial charge in [-0.3, -0.25) is 4.79 Å². The second kappa shape index (κ2) is 7.32. The number of aromatic hydroxyl groups is 1. The predicted octanol–water partition coefficient (Wildman–Crippen LogP) is 4.66. The summed E-state index contributed by atoms with van der Waals surface area (Å²) in [5.41, 5.74) is 1.97. The van der Waals surface area contributed by atoms with Gasteiger partial charge in [-0.15, -0.1) is 0 Å². The number of anilines is 1. The van der Waals surface area contributed by atoms with Crippen LogP contribution in [-0.4, -0.2) is 11.0 Å². The summed E-state index contributed by atoms with van der Waals surface area (Å²) in [7, 11) is 0. The molecule has 0 aromatic heterocycles. The number of phenolic OH excluding ortho intramolecular Hbond substituents is 1. The fourth-order valence-corrected chi connectivity index (χ4v) is 2.51. The molecule has 0 spiro atoms. The van der Waals surface area contributed by atoms with Crippen LogP contribution in [0.5, 0.6) is 5.75 Å². The third kappa shape index (κ3) is 4.35. The predicted molar refractivity (Wildman–Crippen MR) is 94.2 cm³/mol. The number of carbonyl (C=O) groups excluding carboxylic acids is 1. The zero-order valence-electron chi connectivity index (χ0n) is 12.1. The van der Waals surface area contributed by atoms with Crippen LogP contribution in [0.3, 0.4) is 0 Å². The highest BCUT2D eigenvalue weighted by Gasteiger charge is 2.11. The van der Waals surface area contributed by atoms with Crippen LogP contribution in [0.1, 0.15) is 11.1 Å². The van der Waals surface area contributed by atoms with Gasteiger partial charge >= 0.3 is 0 Å². The lowest BCUT2D eigenvalue weighted by atomic mass is 10.1. The lowest BCUT2D eigenvalue weighted by Crippen LogP contribution is -2.14. The van der Waals surface area contributed by atoms with Gasteiger partial charge < -0.3 is 10.4 Å². The molecule has 0 heterocycles. The summed E-state index contributed by atoms with van der Waals surface area (Å²) in [5, 5.41) is 21.9. The quantitative estimate of drug-likeness (QED) is 0.590. The van der Waals surface area contributed by atoms with E-state index in [1.807, 2.05) is 13.0 Å². The number of carbonyl (C=O) groups is 1. The van der Waals surface area contributed by atoms with Crippen LogP contribution in [0, 0.1) is 18.3 Å². The van der Waals surface area contributed by atoms with E-state index in [1.165, 1.54) is 12.1 Å². The molecule has 0 atom stereocenters. The van der Waals surface area contributed by atoms with Gasteiger partial charge in [0.2, 0.25) is 0 Å². The normalized spacial score (nSPS) is 11.0. The van der Waals surface area contributed by atoms with E-state index in [-0.39, 0.29) is 11.3 Å². The second-order valence-corrected chi connectivity index (χ2v) is 6.08. The first-order valence-corrected chi connectivity index (χ1v) is 7.75. The van der Waals surface area contributed by atoms with Crippen molar-refractivity contribution in [2.24, 2.45) is 0 Å². The van der Waals surface area contributed by atoms with Gasteiger partial charge in [0.15, 0.2) is 0 Å². The first-order valence-electron chi connectivity index (χ1n) is 6.58. The van der Waals surface area contributed by atoms with Gasteiger partial charge in [0, 0.05) is 10.7 Å². The Hall–Kier alpha value is -2.29. The smallest absolute Gasteiger partial charge is 0.266 e. The Labute approximate surface area is 147 Å². The van der Waals surface area contributed by atoms with Crippen molar-refractivity contribution < 1.29 is 9.90 Å². The number of nitriles is 1. The van der Waals surface area contributed by atoms with Gasteiger partial charge in [0.25, 0.3) is 5.91 Å². The number of halogens is 2. The summed E-state index contributed by atoms with van der Waals surface area (Å²) in [6, 6.07) is 11.7. The van der Waals surface area contributed by atoms with Gasteiger partial charge in [-0.1, -0.05) is 17.7 Å². The molecular weight excluding hydrogens is 380 g/mol. The number of nitrogens with zero attached hydrogens (tertiary/aromatic N) is 1. The summed E-state index contributed by atoms with van der Waals surface area (Å²) in [5.74, 6) is -0.427. The SMILES string of the molecule is Cc1cc(Cl)ccc1NC(=O)/C(C#N)=C/c1ccc(O)c(Br)c1. The molecule has 2 aromatic rings. The molecule has 6 heteroatoms. The Bertz CT molecular complexity index is 841. The second-order valence-electron chi connectivity index (χ2n) is 4.79. The maximum atomic E-state index is 12.2. The summed E-state index contributed by atoms with van der Waals surface area (Å²) >= 11 is 9.07. The van der Waals surface area contributed by atoms with Gasteiger partial charge in [0.1, 0.15) is 17.4 Å². The summed E-state index contributed by atoms with van der Waals surface area (Å²) < 4.78 is 0.484. The number of hydrogen-bond acceptors (Lipinski definition) is 3. The third-order valence-electron chi connectivity index (χ3n) is 3.08. The number of rotatable bonds is 3. The highest BCUT2D eigenvalue weighted by molar-refractivity contribution is 9.10. The Kier molecular flexibility index (Phi) is 5.43. The fraction of sp³-hybridized carbons (Fsp3) is 0.0588. The minimum Gasteiger partial charge on any atom is -0.507 e. The van der Waals surface area contributed by atoms with Crippen LogP contribution in [-0.2, 0) is 4.79 Å². The molecule has 0 aliphatic heterocycles. The topological polar surface area (TPSA) is 73.1 Å². The van der Waals surface area contributed by atoms with E-state index in [0.717, 1.165) is 5.56 Å². The van der Waals surface area contributed by atoms with Crippen molar-refractivity contribution in [3.05, 3.63) is 62.6 Å². The Morgan fingerprint density at radius 3 is 2.70 bits per heavy atom. The molecule has 0 bridgehead atoms. The van der Waals surface area contributed by atoms with E-state index in [4.69, 9.17) is 11.6 Å². The Morgan fingerprint density at radius 2 is 2.09 bits per heavy atom. The molecule has 0 radical (unpaired) electrons. The largest absolute Gasteiger partial charge is 0.507 e. The molecule has 2 aromatic carbocycles. The fourth-order valence-electron chi connectivity index (χ4n) is 1.89. The number of aryl methyl sites for hydroxylation is 1. The number of nitrogens with one attached hydrogen (secondary N) is 1. The van der Waals surface area contributed by atoms with Crippen molar-refractivity contribution >= 4 is 45.2 Å². The van der Waals surface area contributed by atoms with Crippen molar-refractivity contribution in [2.45, 2.75) is 6.92 Å². The molecule has 116 valence electrons. The average molecular weight is 392 g/mol. The maximum Gasteiger partial charge on any atom is 0.266 e. The van der Waals surface area contributed by atoms with Gasteiger partial charge in [-0.2, -0.15) is 5.26 Å². The summed E-state index contributed by atoms with van der Waals surface area (Å²) in [6.07, 6.45) is 1.45. The molecule has 0 saturated carbocycles. The number of benzene rings is 2. The van der Waals surface area contributed by atoms with E-state index >= 15 is 0 Å². The standard InChI is InChI=1S/C17H12BrClN2O2/c1-10-6-13(19)3-4-15(10)21-17(23)12(9-20)7-11-2-5-16(22)14(18)8-11/h2-8,22H,1H3,(H,21,23)/b12-7+. The van der Waals surface area contributed by atoms with Crippen LogP contribution in [0.15, 0.2) is 46.4 Å². The van der Waals surface area contributed by atoms with Crippen LogP contribution < -0.4 is 5.32 Å². The van der Waals surface area contributed by atoms with Crippen LogP contribution >= 0.6 is 27.5 Å². The van der Waals surface area contributed by atoms with Crippen LogP contribution in [0.25, 0.3) is 6.08 Å². The summed E-state index contributed by atoms with van der Waals surface area (Å²) in [6.45, 7) is 1.81. The van der Waals surface area contributed by atoms with E-state index in [2.05, 4.69) is 21.2 Å². The molecule has 0 saturated heterocycles. The van der Waals surface area contributed by atoms with Crippen LogP contribution in [0.2, 0.25) is 5.02 Å². The molecule has 1 amide bonds. The zero-order chi connectivity index (χ0) is 17.0. The van der Waals surface area contributed by atoms with E-state index in [0.29, 0.717) is 20.7 Å². The monoisotopic (exact) mass is 390 g/mol. The summed E-state index contributed by atoms with van der Waals surface area (Å²) in [4.78, 5) is 12.2. The molecule has 0 aliphatic rings. The molecule has 4 nitrogen and oxygen atoms in total. The first kappa shape index (κ1) is 17.1. The minimum atomic E-state index is -0.512. The zero-order valence-corrected chi connectivity index (χ0v) is 14.4. The van der Waals surface area contributed by atoms with Gasteiger partial charge in [-0.25, -0.2) is 0 Å². The van der Waals surface area contributed by atoms with Gasteiger partial charge in [0.05, 0.1) is 4.47 Å². The number of hydrogen-bond donors (Lipinski definition) is 2. The van der Waals surface area contributed by atoms with Crippen molar-refractivity contribution in [1.82, 2.24) is 0 Å². The molecule has 2 N–H and O–H groups in total. The van der Waals surface area contributed by atoms with Gasteiger partial charge in [-0.05, 0) is 70.4 Å². The van der Waals surface area contributed by atoms with E-state index in [1.54, 1.807) is 30.3 Å². The molecule has 0 unspecified atom stereocenters.